The van der Waals surface area contributed by atoms with Crippen LogP contribution in [0.2, 0.25) is 0 Å². The summed E-state index contributed by atoms with van der Waals surface area (Å²) in [7, 11) is 0. The highest BCUT2D eigenvalue weighted by Crippen LogP contribution is 2.25. The number of aromatic nitrogens is 3. The average Bonchev–Trinajstić information content (AvgIpc) is 2.78. The van der Waals surface area contributed by atoms with Gasteiger partial charge in [-0.3, -0.25) is 0 Å². The Morgan fingerprint density at radius 3 is 2.52 bits per heavy atom. The summed E-state index contributed by atoms with van der Waals surface area (Å²) < 4.78 is 6.74. The molecule has 1 saturated carbocycles. The van der Waals surface area contributed by atoms with Crippen LogP contribution < -0.4 is 15.8 Å². The van der Waals surface area contributed by atoms with Crippen LogP contribution in [0.3, 0.4) is 0 Å². The molecule has 6 nitrogen and oxygen atoms in total. The van der Waals surface area contributed by atoms with Gasteiger partial charge in [-0.2, -0.15) is 15.0 Å². The minimum atomic E-state index is 0.164. The Kier molecular flexibility index (Phi) is 5.47. The van der Waals surface area contributed by atoms with E-state index in [-0.39, 0.29) is 12.0 Å². The van der Waals surface area contributed by atoms with Crippen LogP contribution in [0.1, 0.15) is 38.5 Å². The minimum Gasteiger partial charge on any atom is -0.423 e. The summed E-state index contributed by atoms with van der Waals surface area (Å²) in [5, 5.41) is 3.38. The maximum absolute atomic E-state index is 5.80. The standard InChI is InChI=1S/C16H20IN5O/c17-12-9-5-6-10-13(12)23-16-21-14(18)20-15(22-16)19-11-7-3-1-2-4-8-11/h5-6,9-11H,1-4,7-8H2,(H3,18,19,20,21,22). The Bertz CT molecular complexity index is 659. The number of nitrogens with one attached hydrogen (secondary N) is 1. The van der Waals surface area contributed by atoms with Gasteiger partial charge >= 0.3 is 6.01 Å². The molecule has 0 aliphatic heterocycles. The van der Waals surface area contributed by atoms with E-state index in [1.807, 2.05) is 24.3 Å². The van der Waals surface area contributed by atoms with Gasteiger partial charge in [-0.05, 0) is 47.6 Å². The van der Waals surface area contributed by atoms with Crippen molar-refractivity contribution in [3.05, 3.63) is 27.8 Å². The second-order valence-electron chi connectivity index (χ2n) is 5.67. The molecule has 0 bridgehead atoms. The fourth-order valence-corrected chi connectivity index (χ4v) is 3.21. The summed E-state index contributed by atoms with van der Waals surface area (Å²) in [5.41, 5.74) is 5.80. The van der Waals surface area contributed by atoms with E-state index in [0.29, 0.717) is 17.7 Å². The molecule has 1 fully saturated rings. The Balaban J connectivity index is 1.74. The van der Waals surface area contributed by atoms with Crippen molar-refractivity contribution in [1.82, 2.24) is 15.0 Å². The van der Waals surface area contributed by atoms with Crippen LogP contribution in [-0.4, -0.2) is 21.0 Å². The number of para-hydroxylation sites is 1. The second kappa shape index (κ2) is 7.76. The van der Waals surface area contributed by atoms with Crippen LogP contribution in [0.15, 0.2) is 24.3 Å². The number of hydrogen-bond donors (Lipinski definition) is 2. The number of rotatable bonds is 4. The molecule has 122 valence electrons. The van der Waals surface area contributed by atoms with Crippen LogP contribution in [0.4, 0.5) is 11.9 Å². The Morgan fingerprint density at radius 2 is 1.78 bits per heavy atom. The summed E-state index contributed by atoms with van der Waals surface area (Å²) in [5.74, 6) is 1.36. The number of hydrogen-bond acceptors (Lipinski definition) is 6. The molecular formula is C16H20IN5O. The second-order valence-corrected chi connectivity index (χ2v) is 6.83. The molecule has 0 spiro atoms. The highest BCUT2D eigenvalue weighted by atomic mass is 127. The lowest BCUT2D eigenvalue weighted by molar-refractivity contribution is 0.438. The number of halogens is 1. The monoisotopic (exact) mass is 425 g/mol. The minimum absolute atomic E-state index is 0.164. The summed E-state index contributed by atoms with van der Waals surface area (Å²) in [6.07, 6.45) is 7.36. The maximum atomic E-state index is 5.80. The molecule has 23 heavy (non-hydrogen) atoms. The van der Waals surface area contributed by atoms with E-state index in [1.165, 1.54) is 25.7 Å². The third-order valence-corrected chi connectivity index (χ3v) is 4.75. The number of nitrogens with two attached hydrogens (primary N) is 1. The molecule has 1 heterocycles. The van der Waals surface area contributed by atoms with Crippen molar-refractivity contribution in [3.8, 4) is 11.8 Å². The number of nitrogen functional groups attached to an aromatic ring is 1. The first-order chi connectivity index (χ1) is 11.2. The van der Waals surface area contributed by atoms with Gasteiger partial charge in [0.2, 0.25) is 11.9 Å². The smallest absolute Gasteiger partial charge is 0.328 e. The Morgan fingerprint density at radius 1 is 1.04 bits per heavy atom. The lowest BCUT2D eigenvalue weighted by atomic mass is 10.1. The van der Waals surface area contributed by atoms with Gasteiger partial charge < -0.3 is 15.8 Å². The van der Waals surface area contributed by atoms with Crippen LogP contribution in [0.5, 0.6) is 11.8 Å². The molecule has 0 unspecified atom stereocenters. The summed E-state index contributed by atoms with van der Waals surface area (Å²) in [6, 6.07) is 8.31. The molecule has 1 aliphatic rings. The normalized spacial score (nSPS) is 15.9. The van der Waals surface area contributed by atoms with Crippen LogP contribution in [-0.2, 0) is 0 Å². The lowest BCUT2D eigenvalue weighted by Gasteiger charge is -2.16. The van der Waals surface area contributed by atoms with Gasteiger partial charge in [-0.25, -0.2) is 0 Å². The van der Waals surface area contributed by atoms with E-state index < -0.39 is 0 Å². The predicted molar refractivity (Wildman–Crippen MR) is 98.6 cm³/mol. The molecule has 1 aromatic carbocycles. The van der Waals surface area contributed by atoms with Crippen molar-refractivity contribution in [2.24, 2.45) is 0 Å². The first kappa shape index (κ1) is 16.2. The van der Waals surface area contributed by atoms with Crippen molar-refractivity contribution in [2.75, 3.05) is 11.1 Å². The molecule has 3 N–H and O–H groups in total. The van der Waals surface area contributed by atoms with Gasteiger partial charge in [-0.1, -0.05) is 37.8 Å². The van der Waals surface area contributed by atoms with Crippen molar-refractivity contribution >= 4 is 34.5 Å². The summed E-state index contributed by atoms with van der Waals surface area (Å²) in [4.78, 5) is 12.6. The van der Waals surface area contributed by atoms with Crippen LogP contribution in [0, 0.1) is 3.57 Å². The molecule has 2 aromatic rings. The molecule has 1 aromatic heterocycles. The van der Waals surface area contributed by atoms with Gasteiger partial charge in [-0.15, -0.1) is 0 Å². The number of ether oxygens (including phenoxy) is 1. The Labute approximate surface area is 149 Å². The highest BCUT2D eigenvalue weighted by molar-refractivity contribution is 14.1. The van der Waals surface area contributed by atoms with Crippen LogP contribution in [0.25, 0.3) is 0 Å². The SMILES string of the molecule is Nc1nc(NC2CCCCCC2)nc(Oc2ccccc2I)n1. The molecule has 0 amide bonds. The van der Waals surface area contributed by atoms with E-state index >= 15 is 0 Å². The summed E-state index contributed by atoms with van der Waals surface area (Å²) >= 11 is 2.21. The third-order valence-electron chi connectivity index (χ3n) is 3.86. The molecular weight excluding hydrogens is 405 g/mol. The number of benzene rings is 1. The maximum Gasteiger partial charge on any atom is 0.328 e. The lowest BCUT2D eigenvalue weighted by Crippen LogP contribution is -2.20. The van der Waals surface area contributed by atoms with Crippen molar-refractivity contribution in [3.63, 3.8) is 0 Å². The topological polar surface area (TPSA) is 86.0 Å². The van der Waals surface area contributed by atoms with Gasteiger partial charge in [0.25, 0.3) is 0 Å². The fraction of sp³-hybridized carbons (Fsp3) is 0.438. The molecule has 3 rings (SSSR count). The van der Waals surface area contributed by atoms with E-state index in [0.717, 1.165) is 16.4 Å². The van der Waals surface area contributed by atoms with Crippen molar-refractivity contribution < 1.29 is 4.74 Å². The summed E-state index contributed by atoms with van der Waals surface area (Å²) in [6.45, 7) is 0. The van der Waals surface area contributed by atoms with Crippen molar-refractivity contribution in [1.29, 1.82) is 0 Å². The van der Waals surface area contributed by atoms with Gasteiger partial charge in [0.05, 0.1) is 3.57 Å². The number of anilines is 2. The average molecular weight is 425 g/mol. The fourth-order valence-electron chi connectivity index (χ4n) is 2.71. The Hall–Kier alpha value is -1.64. The molecule has 0 radical (unpaired) electrons. The first-order valence-electron chi connectivity index (χ1n) is 7.91. The number of nitrogens with zero attached hydrogens (tertiary/aromatic N) is 3. The van der Waals surface area contributed by atoms with E-state index in [1.54, 1.807) is 0 Å². The van der Waals surface area contributed by atoms with Gasteiger partial charge in [0.15, 0.2) is 0 Å². The predicted octanol–water partition coefficient (Wildman–Crippen LogP) is 3.99. The molecule has 0 atom stereocenters. The van der Waals surface area contributed by atoms with Crippen molar-refractivity contribution in [2.45, 2.75) is 44.6 Å². The third kappa shape index (κ3) is 4.66. The zero-order valence-electron chi connectivity index (χ0n) is 12.8. The van der Waals surface area contributed by atoms with Crippen LogP contribution >= 0.6 is 22.6 Å². The highest BCUT2D eigenvalue weighted by Gasteiger charge is 2.15. The zero-order valence-corrected chi connectivity index (χ0v) is 15.0. The molecule has 7 heteroatoms. The van der Waals surface area contributed by atoms with E-state index in [9.17, 15) is 0 Å². The van der Waals surface area contributed by atoms with E-state index in [2.05, 4.69) is 42.9 Å². The first-order valence-corrected chi connectivity index (χ1v) is 8.99. The molecule has 1 aliphatic carbocycles. The molecule has 0 saturated heterocycles. The van der Waals surface area contributed by atoms with Gasteiger partial charge in [0.1, 0.15) is 5.75 Å². The largest absolute Gasteiger partial charge is 0.423 e. The zero-order chi connectivity index (χ0) is 16.1. The quantitative estimate of drug-likeness (QED) is 0.569. The van der Waals surface area contributed by atoms with Gasteiger partial charge in [0, 0.05) is 6.04 Å². The van der Waals surface area contributed by atoms with E-state index in [4.69, 9.17) is 10.5 Å².